The van der Waals surface area contributed by atoms with Crippen LogP contribution in [0.25, 0.3) is 0 Å². The summed E-state index contributed by atoms with van der Waals surface area (Å²) in [6, 6.07) is 6.78. The molecule has 0 radical (unpaired) electrons. The highest BCUT2D eigenvalue weighted by atomic mass is 16.3. The van der Waals surface area contributed by atoms with Gasteiger partial charge in [-0.05, 0) is 43.5 Å². The quantitative estimate of drug-likeness (QED) is 0.755. The molecule has 1 fully saturated rings. The van der Waals surface area contributed by atoms with Crippen molar-refractivity contribution in [2.75, 3.05) is 11.9 Å². The molecule has 0 aromatic heterocycles. The van der Waals surface area contributed by atoms with Gasteiger partial charge in [0.15, 0.2) is 0 Å². The molecule has 22 heavy (non-hydrogen) atoms. The van der Waals surface area contributed by atoms with E-state index < -0.39 is 5.60 Å². The summed E-state index contributed by atoms with van der Waals surface area (Å²) in [6.07, 6.45) is 4.36. The van der Waals surface area contributed by atoms with Crippen LogP contribution in [0.15, 0.2) is 24.3 Å². The van der Waals surface area contributed by atoms with Gasteiger partial charge in [0.25, 0.3) is 5.91 Å². The Morgan fingerprint density at radius 1 is 1.18 bits per heavy atom. The molecule has 1 aliphatic carbocycles. The van der Waals surface area contributed by atoms with Crippen LogP contribution in [0.4, 0.5) is 5.69 Å². The molecule has 2 rings (SSSR count). The van der Waals surface area contributed by atoms with E-state index in [-0.39, 0.29) is 18.2 Å². The lowest BCUT2D eigenvalue weighted by Crippen LogP contribution is -2.30. The van der Waals surface area contributed by atoms with E-state index >= 15 is 0 Å². The Kier molecular flexibility index (Phi) is 5.55. The van der Waals surface area contributed by atoms with Gasteiger partial charge in [0.2, 0.25) is 5.91 Å². The van der Waals surface area contributed by atoms with Crippen LogP contribution in [0, 0.1) is 0 Å². The Morgan fingerprint density at radius 3 is 2.41 bits per heavy atom. The van der Waals surface area contributed by atoms with E-state index in [0.717, 1.165) is 19.3 Å². The topological polar surface area (TPSA) is 78.4 Å². The molecule has 1 saturated carbocycles. The number of anilines is 1. The number of nitrogens with one attached hydrogen (secondary N) is 2. The fourth-order valence-corrected chi connectivity index (χ4v) is 2.76. The van der Waals surface area contributed by atoms with Crippen LogP contribution in [0.2, 0.25) is 0 Å². The van der Waals surface area contributed by atoms with Gasteiger partial charge < -0.3 is 15.7 Å². The fourth-order valence-electron chi connectivity index (χ4n) is 2.76. The molecule has 1 aromatic rings. The summed E-state index contributed by atoms with van der Waals surface area (Å²) in [6.45, 7) is 2.65. The summed E-state index contributed by atoms with van der Waals surface area (Å²) in [7, 11) is 0. The summed E-state index contributed by atoms with van der Waals surface area (Å²) in [5.74, 6) is -0.299. The van der Waals surface area contributed by atoms with Gasteiger partial charge in [0.1, 0.15) is 0 Å². The second-order valence-corrected chi connectivity index (χ2v) is 5.99. The lowest BCUT2D eigenvalue weighted by molar-refractivity contribution is -0.120. The number of carbonyl (C=O) groups excluding carboxylic acids is 2. The molecule has 5 nitrogen and oxygen atoms in total. The van der Waals surface area contributed by atoms with Crippen molar-refractivity contribution in [1.29, 1.82) is 0 Å². The molecule has 0 saturated heterocycles. The standard InChI is InChI=1S/C17H24N2O3/c1-2-11-18-16(21)13-5-7-14(8-6-13)19-15(20)12-17(22)9-3-4-10-17/h5-8,22H,2-4,9-12H2,1H3,(H,18,21)(H,19,20). The molecule has 0 atom stereocenters. The van der Waals surface area contributed by atoms with Crippen molar-refractivity contribution in [3.63, 3.8) is 0 Å². The second-order valence-electron chi connectivity index (χ2n) is 5.99. The lowest BCUT2D eigenvalue weighted by atomic mass is 9.97. The Hall–Kier alpha value is -1.88. The minimum absolute atomic E-state index is 0.111. The summed E-state index contributed by atoms with van der Waals surface area (Å²) < 4.78 is 0. The molecular weight excluding hydrogens is 280 g/mol. The highest BCUT2D eigenvalue weighted by molar-refractivity contribution is 5.95. The van der Waals surface area contributed by atoms with Crippen LogP contribution in [0.1, 0.15) is 55.8 Å². The van der Waals surface area contributed by atoms with Crippen LogP contribution in [-0.4, -0.2) is 29.1 Å². The maximum absolute atomic E-state index is 12.0. The Morgan fingerprint density at radius 2 is 1.82 bits per heavy atom. The minimum atomic E-state index is -0.843. The van der Waals surface area contributed by atoms with Gasteiger partial charge in [-0.3, -0.25) is 9.59 Å². The molecular formula is C17H24N2O3. The van der Waals surface area contributed by atoms with Crippen LogP contribution >= 0.6 is 0 Å². The molecule has 2 amide bonds. The molecule has 120 valence electrons. The Bertz CT molecular complexity index is 519. The zero-order chi connectivity index (χ0) is 16.0. The van der Waals surface area contributed by atoms with Gasteiger partial charge in [0.05, 0.1) is 12.0 Å². The number of amides is 2. The van der Waals surface area contributed by atoms with Crippen LogP contribution in [0.3, 0.4) is 0 Å². The summed E-state index contributed by atoms with van der Waals surface area (Å²) in [5.41, 5.74) is 0.365. The molecule has 0 unspecified atom stereocenters. The normalized spacial score (nSPS) is 16.3. The van der Waals surface area contributed by atoms with Gasteiger partial charge in [-0.25, -0.2) is 0 Å². The van der Waals surface area contributed by atoms with Crippen molar-refractivity contribution in [1.82, 2.24) is 5.32 Å². The highest BCUT2D eigenvalue weighted by Gasteiger charge is 2.33. The summed E-state index contributed by atoms with van der Waals surface area (Å²) in [5, 5.41) is 15.8. The largest absolute Gasteiger partial charge is 0.389 e. The minimum Gasteiger partial charge on any atom is -0.389 e. The monoisotopic (exact) mass is 304 g/mol. The number of hydrogen-bond acceptors (Lipinski definition) is 3. The number of hydrogen-bond donors (Lipinski definition) is 3. The number of rotatable bonds is 6. The van der Waals surface area contributed by atoms with Crippen molar-refractivity contribution in [2.24, 2.45) is 0 Å². The van der Waals surface area contributed by atoms with Crippen LogP contribution < -0.4 is 10.6 Å². The summed E-state index contributed by atoms with van der Waals surface area (Å²) in [4.78, 5) is 23.8. The SMILES string of the molecule is CCCNC(=O)c1ccc(NC(=O)CC2(O)CCCC2)cc1. The Balaban J connectivity index is 1.88. The molecule has 3 N–H and O–H groups in total. The second kappa shape index (κ2) is 7.40. The van der Waals surface area contributed by atoms with Crippen molar-refractivity contribution < 1.29 is 14.7 Å². The first-order valence-corrected chi connectivity index (χ1v) is 7.93. The zero-order valence-electron chi connectivity index (χ0n) is 13.0. The predicted octanol–water partition coefficient (Wildman–Crippen LogP) is 2.46. The molecule has 0 spiro atoms. The van der Waals surface area contributed by atoms with Crippen molar-refractivity contribution in [3.05, 3.63) is 29.8 Å². The van der Waals surface area contributed by atoms with E-state index in [1.165, 1.54) is 0 Å². The van der Waals surface area contributed by atoms with Gasteiger partial charge in [-0.15, -0.1) is 0 Å². The number of carbonyl (C=O) groups is 2. The van der Waals surface area contributed by atoms with E-state index in [2.05, 4.69) is 10.6 Å². The van der Waals surface area contributed by atoms with Gasteiger partial charge in [0, 0.05) is 17.8 Å². The maximum atomic E-state index is 12.0. The average molecular weight is 304 g/mol. The first-order valence-electron chi connectivity index (χ1n) is 7.93. The van der Waals surface area contributed by atoms with E-state index in [0.29, 0.717) is 30.6 Å². The molecule has 1 aromatic carbocycles. The van der Waals surface area contributed by atoms with E-state index in [1.54, 1.807) is 24.3 Å². The highest BCUT2D eigenvalue weighted by Crippen LogP contribution is 2.32. The van der Waals surface area contributed by atoms with E-state index in [4.69, 9.17) is 0 Å². The number of benzene rings is 1. The zero-order valence-corrected chi connectivity index (χ0v) is 13.0. The van der Waals surface area contributed by atoms with Crippen molar-refractivity contribution in [3.8, 4) is 0 Å². The third-order valence-corrected chi connectivity index (χ3v) is 3.99. The van der Waals surface area contributed by atoms with Gasteiger partial charge in [-0.1, -0.05) is 19.8 Å². The third-order valence-electron chi connectivity index (χ3n) is 3.99. The van der Waals surface area contributed by atoms with Gasteiger partial charge in [-0.2, -0.15) is 0 Å². The summed E-state index contributed by atoms with van der Waals surface area (Å²) >= 11 is 0. The first kappa shape index (κ1) is 16.5. The molecule has 1 aliphatic rings. The lowest BCUT2D eigenvalue weighted by Gasteiger charge is -2.21. The first-order chi connectivity index (χ1) is 10.5. The fraction of sp³-hybridized carbons (Fsp3) is 0.529. The maximum Gasteiger partial charge on any atom is 0.251 e. The van der Waals surface area contributed by atoms with Crippen molar-refractivity contribution in [2.45, 2.75) is 51.0 Å². The molecule has 5 heteroatoms. The number of aliphatic hydroxyl groups is 1. The third kappa shape index (κ3) is 4.56. The van der Waals surface area contributed by atoms with Crippen LogP contribution in [-0.2, 0) is 4.79 Å². The van der Waals surface area contributed by atoms with E-state index in [9.17, 15) is 14.7 Å². The molecule has 0 bridgehead atoms. The Labute approximate surface area is 131 Å². The van der Waals surface area contributed by atoms with Crippen molar-refractivity contribution >= 4 is 17.5 Å². The predicted molar refractivity (Wildman–Crippen MR) is 85.7 cm³/mol. The average Bonchev–Trinajstić information content (AvgIpc) is 2.91. The molecule has 0 aliphatic heterocycles. The van der Waals surface area contributed by atoms with Crippen LogP contribution in [0.5, 0.6) is 0 Å². The van der Waals surface area contributed by atoms with Gasteiger partial charge >= 0.3 is 0 Å². The molecule has 0 heterocycles. The smallest absolute Gasteiger partial charge is 0.251 e. The van der Waals surface area contributed by atoms with E-state index in [1.807, 2.05) is 6.92 Å².